The van der Waals surface area contributed by atoms with Gasteiger partial charge in [0.2, 0.25) is 0 Å². The van der Waals surface area contributed by atoms with Crippen molar-refractivity contribution in [2.75, 3.05) is 0 Å². The number of halogens is 3. The van der Waals surface area contributed by atoms with Crippen molar-refractivity contribution < 1.29 is 9.72 Å². The lowest BCUT2D eigenvalue weighted by Gasteiger charge is -2.01. The predicted molar refractivity (Wildman–Crippen MR) is 114 cm³/mol. The van der Waals surface area contributed by atoms with E-state index in [1.54, 1.807) is 41.2 Å². The highest BCUT2D eigenvalue weighted by molar-refractivity contribution is 9.10. The third kappa shape index (κ3) is 5.41. The summed E-state index contributed by atoms with van der Waals surface area (Å²) in [6.45, 7) is 0.344. The molecule has 0 atom stereocenters. The zero-order chi connectivity index (χ0) is 21.0. The maximum Gasteiger partial charge on any atom is 0.293 e. The molecule has 1 aromatic heterocycles. The van der Waals surface area contributed by atoms with Crippen LogP contribution < -0.4 is 5.43 Å². The molecule has 0 aliphatic rings. The van der Waals surface area contributed by atoms with Gasteiger partial charge in [0.05, 0.1) is 32.2 Å². The first-order valence-corrected chi connectivity index (χ1v) is 9.63. The molecule has 148 valence electrons. The average molecular weight is 497 g/mol. The fraction of sp³-hybridized carbons (Fsp3) is 0.0556. The molecule has 0 fully saturated rings. The van der Waals surface area contributed by atoms with Gasteiger partial charge in [-0.05, 0) is 39.2 Å². The minimum absolute atomic E-state index is 0.00954. The Bertz CT molecular complexity index is 1100. The van der Waals surface area contributed by atoms with Crippen LogP contribution in [0.1, 0.15) is 21.6 Å². The number of nitrogens with one attached hydrogen (secondary N) is 1. The summed E-state index contributed by atoms with van der Waals surface area (Å²) in [5, 5.41) is 19.6. The summed E-state index contributed by atoms with van der Waals surface area (Å²) in [6, 6.07) is 11.1. The van der Waals surface area contributed by atoms with Crippen molar-refractivity contribution in [2.24, 2.45) is 5.10 Å². The first-order chi connectivity index (χ1) is 13.8. The van der Waals surface area contributed by atoms with Crippen molar-refractivity contribution in [3.8, 4) is 0 Å². The predicted octanol–water partition coefficient (Wildman–Crippen LogP) is 4.67. The Morgan fingerprint density at radius 3 is 2.62 bits per heavy atom. The average Bonchev–Trinajstić information content (AvgIpc) is 3.05. The summed E-state index contributed by atoms with van der Waals surface area (Å²) in [4.78, 5) is 22.6. The van der Waals surface area contributed by atoms with Gasteiger partial charge in [-0.25, -0.2) is 5.43 Å². The third-order valence-corrected chi connectivity index (χ3v) is 5.07. The summed E-state index contributed by atoms with van der Waals surface area (Å²) in [6.07, 6.45) is 3.07. The standard InChI is InChI=1S/C18H12BrCl2N5O3/c19-14-10-25(9-11-1-4-13(5-2-11)26(28)29)24-17(14)18(27)23-22-8-12-3-6-15(20)16(21)7-12/h1-8,10H,9H2,(H,23,27)/b22-8-. The van der Waals surface area contributed by atoms with Crippen LogP contribution >= 0.6 is 39.1 Å². The number of hydrazone groups is 1. The van der Waals surface area contributed by atoms with Gasteiger partial charge in [-0.2, -0.15) is 10.2 Å². The largest absolute Gasteiger partial charge is 0.293 e. The molecule has 0 spiro atoms. The summed E-state index contributed by atoms with van der Waals surface area (Å²) >= 11 is 15.1. The van der Waals surface area contributed by atoms with E-state index in [9.17, 15) is 14.9 Å². The van der Waals surface area contributed by atoms with Crippen LogP contribution in [0.4, 0.5) is 5.69 Å². The highest BCUT2D eigenvalue weighted by Gasteiger charge is 2.15. The Kier molecular flexibility index (Phi) is 6.63. The SMILES string of the molecule is O=C(N/N=C\c1ccc(Cl)c(Cl)c1)c1nn(Cc2ccc([N+](=O)[O-])cc2)cc1Br. The van der Waals surface area contributed by atoms with Crippen LogP contribution in [0.15, 0.2) is 58.2 Å². The second-order valence-corrected chi connectivity index (χ2v) is 7.49. The van der Waals surface area contributed by atoms with E-state index < -0.39 is 10.8 Å². The maximum absolute atomic E-state index is 12.3. The summed E-state index contributed by atoms with van der Waals surface area (Å²) < 4.78 is 2.03. The van der Waals surface area contributed by atoms with Gasteiger partial charge in [0.25, 0.3) is 11.6 Å². The van der Waals surface area contributed by atoms with E-state index >= 15 is 0 Å². The Morgan fingerprint density at radius 2 is 1.97 bits per heavy atom. The number of rotatable bonds is 6. The number of amides is 1. The smallest absolute Gasteiger partial charge is 0.266 e. The number of non-ortho nitro benzene ring substituents is 1. The van der Waals surface area contributed by atoms with Crippen LogP contribution in [0.3, 0.4) is 0 Å². The molecule has 29 heavy (non-hydrogen) atoms. The first-order valence-electron chi connectivity index (χ1n) is 8.08. The molecular formula is C18H12BrCl2N5O3. The van der Waals surface area contributed by atoms with Crippen LogP contribution in [0.2, 0.25) is 10.0 Å². The summed E-state index contributed by atoms with van der Waals surface area (Å²) in [5.41, 5.74) is 4.02. The Morgan fingerprint density at radius 1 is 1.24 bits per heavy atom. The van der Waals surface area contributed by atoms with Crippen LogP contribution in [0.5, 0.6) is 0 Å². The molecule has 1 N–H and O–H groups in total. The molecule has 0 aliphatic heterocycles. The lowest BCUT2D eigenvalue weighted by atomic mass is 10.2. The molecule has 3 aromatic rings. The van der Waals surface area contributed by atoms with Crippen LogP contribution in [-0.2, 0) is 6.54 Å². The lowest BCUT2D eigenvalue weighted by molar-refractivity contribution is -0.384. The minimum atomic E-state index is -0.504. The Hall–Kier alpha value is -2.75. The van der Waals surface area contributed by atoms with E-state index in [2.05, 4.69) is 31.6 Å². The number of nitro benzene ring substituents is 1. The zero-order valence-corrected chi connectivity index (χ0v) is 17.6. The van der Waals surface area contributed by atoms with Gasteiger partial charge in [-0.3, -0.25) is 19.6 Å². The fourth-order valence-electron chi connectivity index (χ4n) is 2.35. The minimum Gasteiger partial charge on any atom is -0.266 e. The normalized spacial score (nSPS) is 11.0. The van der Waals surface area contributed by atoms with Crippen molar-refractivity contribution in [2.45, 2.75) is 6.54 Å². The second-order valence-electron chi connectivity index (χ2n) is 5.82. The first kappa shape index (κ1) is 21.0. The molecular weight excluding hydrogens is 485 g/mol. The van der Waals surface area contributed by atoms with Crippen LogP contribution in [-0.4, -0.2) is 26.8 Å². The van der Waals surface area contributed by atoms with E-state index in [1.165, 1.54) is 18.3 Å². The number of carbonyl (C=O) groups excluding carboxylic acids is 1. The monoisotopic (exact) mass is 495 g/mol. The van der Waals surface area contributed by atoms with Crippen molar-refractivity contribution in [1.29, 1.82) is 0 Å². The molecule has 1 amide bonds. The van der Waals surface area contributed by atoms with E-state index in [-0.39, 0.29) is 11.4 Å². The van der Waals surface area contributed by atoms with Crippen molar-refractivity contribution >= 4 is 56.9 Å². The Balaban J connectivity index is 1.65. The summed E-state index contributed by atoms with van der Waals surface area (Å²) in [7, 11) is 0. The number of nitrogens with zero attached hydrogens (tertiary/aromatic N) is 4. The number of nitro groups is 1. The lowest BCUT2D eigenvalue weighted by Crippen LogP contribution is -2.19. The number of benzene rings is 2. The van der Waals surface area contributed by atoms with Gasteiger partial charge in [0.1, 0.15) is 0 Å². The molecule has 0 radical (unpaired) electrons. The topological polar surface area (TPSA) is 102 Å². The number of hydrogen-bond donors (Lipinski definition) is 1. The Labute approximate surface area is 183 Å². The molecule has 0 saturated heterocycles. The van der Waals surface area contributed by atoms with Crippen molar-refractivity contribution in [1.82, 2.24) is 15.2 Å². The molecule has 0 aliphatic carbocycles. The molecule has 8 nitrogen and oxygen atoms in total. The highest BCUT2D eigenvalue weighted by atomic mass is 79.9. The van der Waals surface area contributed by atoms with Crippen molar-refractivity contribution in [3.63, 3.8) is 0 Å². The fourth-order valence-corrected chi connectivity index (χ4v) is 3.16. The molecule has 0 saturated carbocycles. The maximum atomic E-state index is 12.3. The van der Waals surface area contributed by atoms with E-state index in [1.807, 2.05) is 0 Å². The van der Waals surface area contributed by atoms with Gasteiger partial charge >= 0.3 is 0 Å². The van der Waals surface area contributed by atoms with Gasteiger partial charge in [-0.15, -0.1) is 0 Å². The van der Waals surface area contributed by atoms with E-state index in [0.29, 0.717) is 26.6 Å². The van der Waals surface area contributed by atoms with Gasteiger partial charge in [0, 0.05) is 18.3 Å². The van der Waals surface area contributed by atoms with Gasteiger partial charge in [0.15, 0.2) is 5.69 Å². The molecule has 0 unspecified atom stereocenters. The molecule has 3 rings (SSSR count). The van der Waals surface area contributed by atoms with Gasteiger partial charge < -0.3 is 0 Å². The van der Waals surface area contributed by atoms with Crippen LogP contribution in [0, 0.1) is 10.1 Å². The molecule has 2 aromatic carbocycles. The molecule has 11 heteroatoms. The van der Waals surface area contributed by atoms with E-state index in [0.717, 1.165) is 5.56 Å². The highest BCUT2D eigenvalue weighted by Crippen LogP contribution is 2.22. The molecule has 1 heterocycles. The third-order valence-electron chi connectivity index (χ3n) is 3.75. The molecule has 0 bridgehead atoms. The van der Waals surface area contributed by atoms with Crippen LogP contribution in [0.25, 0.3) is 0 Å². The quantitative estimate of drug-likeness (QED) is 0.304. The summed E-state index contributed by atoms with van der Waals surface area (Å²) in [5.74, 6) is -0.504. The number of aromatic nitrogens is 2. The van der Waals surface area contributed by atoms with Crippen molar-refractivity contribution in [3.05, 3.63) is 90.1 Å². The number of carbonyl (C=O) groups is 1. The second kappa shape index (κ2) is 9.17. The van der Waals surface area contributed by atoms with E-state index in [4.69, 9.17) is 23.2 Å². The van der Waals surface area contributed by atoms with Gasteiger partial charge in [-0.1, -0.05) is 41.4 Å². The number of hydrogen-bond acceptors (Lipinski definition) is 5. The zero-order valence-electron chi connectivity index (χ0n) is 14.6.